The van der Waals surface area contributed by atoms with Crippen LogP contribution in [0.3, 0.4) is 0 Å². The van der Waals surface area contributed by atoms with Gasteiger partial charge in [-0.15, -0.1) is 0 Å². The molecule has 0 aliphatic carbocycles. The summed E-state index contributed by atoms with van der Waals surface area (Å²) in [6.07, 6.45) is 5.17. The van der Waals surface area contributed by atoms with Crippen LogP contribution in [0.25, 0.3) is 5.82 Å². The van der Waals surface area contributed by atoms with Crippen molar-refractivity contribution in [1.82, 2.24) is 25.0 Å². The highest BCUT2D eigenvalue weighted by atomic mass is 16.5. The minimum absolute atomic E-state index is 0.00130. The van der Waals surface area contributed by atoms with Crippen molar-refractivity contribution in [2.45, 2.75) is 32.2 Å². The molecule has 1 aromatic carbocycles. The quantitative estimate of drug-likeness (QED) is 0.513. The average Bonchev–Trinajstić information content (AvgIpc) is 3.50. The second-order valence-corrected chi connectivity index (χ2v) is 8.82. The summed E-state index contributed by atoms with van der Waals surface area (Å²) in [5.74, 6) is 0.735. The smallest absolute Gasteiger partial charge is 0.338 e. The lowest BCUT2D eigenvalue weighted by Crippen LogP contribution is -2.53. The monoisotopic (exact) mass is 474 g/mol. The number of nitriles is 1. The van der Waals surface area contributed by atoms with E-state index in [1.54, 1.807) is 16.9 Å². The lowest BCUT2D eigenvalue weighted by Gasteiger charge is -2.39. The number of aromatic nitrogens is 3. The summed E-state index contributed by atoms with van der Waals surface area (Å²) in [6.45, 7) is 4.42. The van der Waals surface area contributed by atoms with E-state index < -0.39 is 0 Å². The summed E-state index contributed by atoms with van der Waals surface area (Å²) in [4.78, 5) is 18.5. The normalized spacial score (nSPS) is 19.8. The summed E-state index contributed by atoms with van der Waals surface area (Å²) in [5.41, 5.74) is 5.10. The molecular weight excluding hydrogens is 448 g/mol. The van der Waals surface area contributed by atoms with Crippen molar-refractivity contribution in [3.63, 3.8) is 0 Å². The molecule has 35 heavy (non-hydrogen) atoms. The van der Waals surface area contributed by atoms with Gasteiger partial charge in [0, 0.05) is 55.1 Å². The Balaban J connectivity index is 1.35. The van der Waals surface area contributed by atoms with Crippen LogP contribution < -0.4 is 10.1 Å². The van der Waals surface area contributed by atoms with E-state index in [-0.39, 0.29) is 24.7 Å². The molecule has 2 unspecified atom stereocenters. The van der Waals surface area contributed by atoms with Crippen LogP contribution in [-0.2, 0) is 17.9 Å². The number of nitrogens with zero attached hydrogens (tertiary/aromatic N) is 5. The third-order valence-electron chi connectivity index (χ3n) is 6.63. The molecule has 10 heteroatoms. The van der Waals surface area contributed by atoms with Crippen LogP contribution in [0.1, 0.15) is 44.2 Å². The van der Waals surface area contributed by atoms with Crippen molar-refractivity contribution in [1.29, 1.82) is 5.26 Å². The van der Waals surface area contributed by atoms with Gasteiger partial charge in [-0.2, -0.15) is 10.4 Å². The van der Waals surface area contributed by atoms with Gasteiger partial charge in [0.15, 0.2) is 5.82 Å². The van der Waals surface area contributed by atoms with Crippen molar-refractivity contribution < 1.29 is 19.4 Å². The number of benzene rings is 1. The highest BCUT2D eigenvalue weighted by Crippen LogP contribution is 2.31. The number of hydrogen-bond donors (Lipinski definition) is 2. The van der Waals surface area contributed by atoms with Gasteiger partial charge in [-0.25, -0.2) is 14.5 Å². The summed E-state index contributed by atoms with van der Waals surface area (Å²) in [6, 6.07) is 7.48. The van der Waals surface area contributed by atoms with E-state index in [1.807, 2.05) is 25.3 Å². The predicted molar refractivity (Wildman–Crippen MR) is 125 cm³/mol. The number of ether oxygens (including phenoxy) is 2. The van der Waals surface area contributed by atoms with Crippen molar-refractivity contribution in [3.8, 4) is 17.6 Å². The standard InChI is InChI=1S/C25H26N6O4/c1-15-19(3-4-20-21(15)14-35-25(20)33)22-12-30(11-18(13-32)29-22)9-16-7-28-31(10-16)24-5-23(34-2)17(6-26)8-27-24/h3-5,7-8,10,18,22,29,32H,9,11-14H2,1-2H3. The maximum Gasteiger partial charge on any atom is 0.338 e. The maximum absolute atomic E-state index is 11.9. The van der Waals surface area contributed by atoms with E-state index in [1.165, 1.54) is 13.3 Å². The molecule has 0 bridgehead atoms. The lowest BCUT2D eigenvalue weighted by atomic mass is 9.92. The highest BCUT2D eigenvalue weighted by Gasteiger charge is 2.31. The van der Waals surface area contributed by atoms with Crippen LogP contribution >= 0.6 is 0 Å². The van der Waals surface area contributed by atoms with Gasteiger partial charge in [-0.05, 0) is 24.1 Å². The number of pyridine rings is 1. The molecule has 2 N–H and O–H groups in total. The molecule has 0 amide bonds. The Morgan fingerprint density at radius 3 is 2.97 bits per heavy atom. The Labute approximate surface area is 202 Å². The molecule has 2 atom stereocenters. The first-order valence-corrected chi connectivity index (χ1v) is 11.4. The first-order valence-electron chi connectivity index (χ1n) is 11.4. The summed E-state index contributed by atoms with van der Waals surface area (Å²) >= 11 is 0. The van der Waals surface area contributed by atoms with E-state index in [0.717, 1.165) is 28.8 Å². The molecule has 180 valence electrons. The molecule has 10 nitrogen and oxygen atoms in total. The van der Waals surface area contributed by atoms with E-state index >= 15 is 0 Å². The van der Waals surface area contributed by atoms with Gasteiger partial charge in [0.2, 0.25) is 0 Å². The molecule has 1 saturated heterocycles. The lowest BCUT2D eigenvalue weighted by molar-refractivity contribution is 0.0535. The molecule has 2 aliphatic rings. The first kappa shape index (κ1) is 23.0. The van der Waals surface area contributed by atoms with Crippen LogP contribution in [0, 0.1) is 18.3 Å². The van der Waals surface area contributed by atoms with Gasteiger partial charge in [0.1, 0.15) is 24.0 Å². The van der Waals surface area contributed by atoms with Crippen molar-refractivity contribution >= 4 is 5.97 Å². The van der Waals surface area contributed by atoms with Gasteiger partial charge in [-0.1, -0.05) is 6.07 Å². The molecule has 4 heterocycles. The fourth-order valence-electron chi connectivity index (χ4n) is 4.84. The van der Waals surface area contributed by atoms with Crippen LogP contribution in [0.4, 0.5) is 0 Å². The molecule has 3 aromatic rings. The Morgan fingerprint density at radius 2 is 2.20 bits per heavy atom. The summed E-state index contributed by atoms with van der Waals surface area (Å²) in [7, 11) is 1.51. The molecule has 2 aromatic heterocycles. The summed E-state index contributed by atoms with van der Waals surface area (Å²) < 4.78 is 12.1. The number of fused-ring (bicyclic) bond motifs is 1. The molecule has 0 spiro atoms. The van der Waals surface area contributed by atoms with Gasteiger partial charge < -0.3 is 19.9 Å². The number of carbonyl (C=O) groups excluding carboxylic acids is 1. The zero-order valence-electron chi connectivity index (χ0n) is 19.6. The third kappa shape index (κ3) is 4.37. The van der Waals surface area contributed by atoms with Gasteiger partial charge in [0.25, 0.3) is 0 Å². The van der Waals surface area contributed by atoms with E-state index in [9.17, 15) is 15.2 Å². The fourth-order valence-corrected chi connectivity index (χ4v) is 4.84. The van der Waals surface area contributed by atoms with E-state index in [2.05, 4.69) is 26.4 Å². The van der Waals surface area contributed by atoms with E-state index in [0.29, 0.717) is 42.4 Å². The number of nitrogens with one attached hydrogen (secondary N) is 1. The van der Waals surface area contributed by atoms with Crippen LogP contribution in [-0.4, -0.2) is 63.6 Å². The second-order valence-electron chi connectivity index (χ2n) is 8.82. The molecule has 0 saturated carbocycles. The summed E-state index contributed by atoms with van der Waals surface area (Å²) in [5, 5.41) is 27.1. The number of rotatable bonds is 6. The number of hydrogen-bond acceptors (Lipinski definition) is 9. The largest absolute Gasteiger partial charge is 0.495 e. The predicted octanol–water partition coefficient (Wildman–Crippen LogP) is 1.63. The fraction of sp³-hybridized carbons (Fsp3) is 0.360. The Bertz CT molecular complexity index is 1310. The zero-order chi connectivity index (χ0) is 24.5. The van der Waals surface area contributed by atoms with Crippen LogP contribution in [0.15, 0.2) is 36.8 Å². The number of cyclic esters (lactones) is 1. The van der Waals surface area contributed by atoms with Gasteiger partial charge in [0.05, 0.1) is 31.7 Å². The average molecular weight is 475 g/mol. The number of carbonyl (C=O) groups is 1. The molecular formula is C25H26N6O4. The number of piperazine rings is 1. The Hall–Kier alpha value is -3.78. The second kappa shape index (κ2) is 9.46. The van der Waals surface area contributed by atoms with Crippen molar-refractivity contribution in [2.24, 2.45) is 0 Å². The maximum atomic E-state index is 11.9. The SMILES string of the molecule is COc1cc(-n2cc(CN3CC(CO)NC(c4ccc5c(c4C)COC5=O)C3)cn2)ncc1C#N. The van der Waals surface area contributed by atoms with Crippen molar-refractivity contribution in [2.75, 3.05) is 26.8 Å². The van der Waals surface area contributed by atoms with Gasteiger partial charge >= 0.3 is 5.97 Å². The van der Waals surface area contributed by atoms with Gasteiger partial charge in [-0.3, -0.25) is 4.90 Å². The number of esters is 1. The number of aliphatic hydroxyl groups excluding tert-OH is 1. The molecule has 2 aliphatic heterocycles. The zero-order valence-corrected chi connectivity index (χ0v) is 19.6. The molecule has 1 fully saturated rings. The number of methoxy groups -OCH3 is 1. The topological polar surface area (TPSA) is 126 Å². The minimum Gasteiger partial charge on any atom is -0.495 e. The van der Waals surface area contributed by atoms with E-state index in [4.69, 9.17) is 9.47 Å². The van der Waals surface area contributed by atoms with Crippen molar-refractivity contribution in [3.05, 3.63) is 70.2 Å². The minimum atomic E-state index is -0.271. The molecule has 5 rings (SSSR count). The Morgan fingerprint density at radius 1 is 1.34 bits per heavy atom. The Kier molecular flexibility index (Phi) is 6.21. The first-order chi connectivity index (χ1) is 17.0. The third-order valence-corrected chi connectivity index (χ3v) is 6.63. The number of aliphatic hydroxyl groups is 1. The van der Waals surface area contributed by atoms with Crippen LogP contribution in [0.5, 0.6) is 5.75 Å². The highest BCUT2D eigenvalue weighted by molar-refractivity contribution is 5.94. The van der Waals surface area contributed by atoms with Crippen LogP contribution in [0.2, 0.25) is 0 Å². The molecule has 0 radical (unpaired) electrons.